The summed E-state index contributed by atoms with van der Waals surface area (Å²) in [6, 6.07) is 17.6. The highest BCUT2D eigenvalue weighted by atomic mass is 35.5. The van der Waals surface area contributed by atoms with Gasteiger partial charge in [-0.25, -0.2) is 0 Å². The van der Waals surface area contributed by atoms with E-state index < -0.39 is 36.0 Å². The van der Waals surface area contributed by atoms with Crippen molar-refractivity contribution < 1.29 is 24.3 Å². The molecule has 2 aromatic carbocycles. The lowest BCUT2D eigenvalue weighted by Crippen LogP contribution is -2.59. The molecule has 0 fully saturated rings. The molecule has 226 valence electrons. The van der Waals surface area contributed by atoms with Crippen molar-refractivity contribution in [1.29, 1.82) is 0 Å². The van der Waals surface area contributed by atoms with E-state index in [0.29, 0.717) is 23.6 Å². The van der Waals surface area contributed by atoms with Crippen LogP contribution in [-0.2, 0) is 25.6 Å². The molecule has 10 nitrogen and oxygen atoms in total. The van der Waals surface area contributed by atoms with Crippen molar-refractivity contribution >= 4 is 53.5 Å². The molecular weight excluding hydrogens is 578 g/mol. The minimum atomic E-state index is -1.36. The summed E-state index contributed by atoms with van der Waals surface area (Å²) < 4.78 is 0. The number of carboxylic acid groups (broad SMARTS) is 1. The molecule has 0 saturated heterocycles. The number of nitrogens with two attached hydrogens (primary N) is 2. The molecule has 3 rings (SSSR count). The van der Waals surface area contributed by atoms with E-state index in [1.54, 1.807) is 19.1 Å². The molecule has 0 heterocycles. The molecule has 0 bridgehead atoms. The Morgan fingerprint density at radius 3 is 2.21 bits per heavy atom. The Balaban J connectivity index is 0.000000428. The monoisotopic (exact) mass is 615 g/mol. The number of carboxylic acids is 1. The predicted molar refractivity (Wildman–Crippen MR) is 168 cm³/mol. The Bertz CT molecular complexity index is 1280. The number of thiol groups is 1. The van der Waals surface area contributed by atoms with Crippen LogP contribution < -0.4 is 22.1 Å². The Morgan fingerprint density at radius 2 is 1.67 bits per heavy atom. The van der Waals surface area contributed by atoms with Crippen LogP contribution in [0.5, 0.6) is 0 Å². The highest BCUT2D eigenvalue weighted by Gasteiger charge is 2.33. The fourth-order valence-corrected chi connectivity index (χ4v) is 4.35. The molecule has 0 radical (unpaired) electrons. The van der Waals surface area contributed by atoms with Gasteiger partial charge in [-0.15, -0.1) is 0 Å². The Kier molecular flexibility index (Phi) is 14.3. The Labute approximate surface area is 256 Å². The third-order valence-corrected chi connectivity index (χ3v) is 6.86. The number of Topliss-reactive ketones (excluding diaryl/α,β-unsaturated/α-hetero) is 1. The van der Waals surface area contributed by atoms with Gasteiger partial charge < -0.3 is 32.1 Å². The first-order valence-electron chi connectivity index (χ1n) is 13.3. The topological polar surface area (TPSA) is 168 Å². The smallest absolute Gasteiger partial charge is 0.306 e. The molecule has 2 aromatic rings. The maximum absolute atomic E-state index is 13.1. The first-order chi connectivity index (χ1) is 19.9. The zero-order valence-electron chi connectivity index (χ0n) is 23.6. The van der Waals surface area contributed by atoms with E-state index in [-0.39, 0.29) is 24.0 Å². The summed E-state index contributed by atoms with van der Waals surface area (Å²) in [5.74, 6) is -2.37. The van der Waals surface area contributed by atoms with Crippen LogP contribution >= 0.6 is 24.2 Å². The van der Waals surface area contributed by atoms with E-state index in [4.69, 9.17) is 28.2 Å². The standard InChI is InChI=1S/C20H26ClN5O3S.C10H12O2/c1-12(27)10-26(20(29)18(23)25-19(28)15(22)11-30)17-8-7-13(21)9-16(17)24-14-5-3-2-4-6-14;1-8(10(11)12)7-9-5-3-2-4-6-9/h2-7,9,15,17-18,24,30H,8,10-11,22-23H2,1H3,(H,25,28);2-6,8H,7H2,1H3,(H,11,12)/t15?,17-,18?;/m1./s1. The van der Waals surface area contributed by atoms with E-state index in [1.165, 1.54) is 11.8 Å². The average molecular weight is 616 g/mol. The van der Waals surface area contributed by atoms with Crippen LogP contribution in [0.1, 0.15) is 25.8 Å². The van der Waals surface area contributed by atoms with Gasteiger partial charge in [-0.2, -0.15) is 12.6 Å². The molecule has 1 aliphatic carbocycles. The first-order valence-corrected chi connectivity index (χ1v) is 14.3. The molecule has 42 heavy (non-hydrogen) atoms. The van der Waals surface area contributed by atoms with E-state index in [1.807, 2.05) is 60.7 Å². The Hall–Kier alpha value is -3.64. The summed E-state index contributed by atoms with van der Waals surface area (Å²) in [5, 5.41) is 14.8. The van der Waals surface area contributed by atoms with Crippen molar-refractivity contribution in [3.05, 3.63) is 89.1 Å². The molecule has 0 saturated carbocycles. The second-order valence-corrected chi connectivity index (χ2v) is 10.6. The van der Waals surface area contributed by atoms with Gasteiger partial charge in [0.1, 0.15) is 5.78 Å². The van der Waals surface area contributed by atoms with E-state index in [0.717, 1.165) is 11.3 Å². The number of ketones is 1. The highest BCUT2D eigenvalue weighted by Crippen LogP contribution is 2.26. The van der Waals surface area contributed by atoms with Crippen LogP contribution in [0.4, 0.5) is 5.69 Å². The third kappa shape index (κ3) is 11.3. The lowest BCUT2D eigenvalue weighted by Gasteiger charge is -2.36. The fourth-order valence-electron chi connectivity index (χ4n) is 3.98. The van der Waals surface area contributed by atoms with Gasteiger partial charge in [-0.05, 0) is 43.5 Å². The van der Waals surface area contributed by atoms with Crippen LogP contribution in [0.15, 0.2) is 83.5 Å². The molecule has 7 N–H and O–H groups in total. The molecule has 0 spiro atoms. The van der Waals surface area contributed by atoms with Crippen molar-refractivity contribution in [2.24, 2.45) is 17.4 Å². The van der Waals surface area contributed by atoms with Gasteiger partial charge >= 0.3 is 5.97 Å². The molecule has 0 aliphatic heterocycles. The van der Waals surface area contributed by atoms with Crippen molar-refractivity contribution in [2.45, 2.75) is 44.9 Å². The molecule has 4 atom stereocenters. The summed E-state index contributed by atoms with van der Waals surface area (Å²) in [6.45, 7) is 2.92. The van der Waals surface area contributed by atoms with Crippen molar-refractivity contribution in [3.8, 4) is 0 Å². The number of hydrogen-bond acceptors (Lipinski definition) is 8. The van der Waals surface area contributed by atoms with E-state index >= 15 is 0 Å². The van der Waals surface area contributed by atoms with Crippen molar-refractivity contribution in [1.82, 2.24) is 10.2 Å². The number of anilines is 1. The summed E-state index contributed by atoms with van der Waals surface area (Å²) in [4.78, 5) is 48.8. The quantitative estimate of drug-likeness (QED) is 0.156. The zero-order chi connectivity index (χ0) is 31.2. The van der Waals surface area contributed by atoms with Gasteiger partial charge in [0.2, 0.25) is 5.91 Å². The number of aliphatic carboxylic acids is 1. The molecule has 3 unspecified atom stereocenters. The number of carbonyl (C=O) groups excluding carboxylic acids is 3. The fraction of sp³-hybridized carbons (Fsp3) is 0.333. The number of amides is 2. The van der Waals surface area contributed by atoms with Gasteiger partial charge in [0, 0.05) is 22.2 Å². The first kappa shape index (κ1) is 34.6. The van der Waals surface area contributed by atoms with Crippen LogP contribution in [0.3, 0.4) is 0 Å². The lowest BCUT2D eigenvalue weighted by molar-refractivity contribution is -0.141. The van der Waals surface area contributed by atoms with Crippen LogP contribution in [-0.4, -0.2) is 64.1 Å². The molecule has 2 amide bonds. The lowest BCUT2D eigenvalue weighted by atomic mass is 10.0. The van der Waals surface area contributed by atoms with Gasteiger partial charge in [0.15, 0.2) is 6.17 Å². The van der Waals surface area contributed by atoms with E-state index in [2.05, 4.69) is 23.3 Å². The predicted octanol–water partition coefficient (Wildman–Crippen LogP) is 2.90. The van der Waals surface area contributed by atoms with Gasteiger partial charge in [-0.3, -0.25) is 19.2 Å². The van der Waals surface area contributed by atoms with Crippen LogP contribution in [0.2, 0.25) is 0 Å². The van der Waals surface area contributed by atoms with Gasteiger partial charge in [-0.1, -0.05) is 73.1 Å². The number of halogens is 1. The average Bonchev–Trinajstić information content (AvgIpc) is 2.96. The minimum absolute atomic E-state index is 0.101. The number of hydrogen-bond donors (Lipinski definition) is 6. The molecule has 1 aliphatic rings. The van der Waals surface area contributed by atoms with Gasteiger partial charge in [0.05, 0.1) is 24.5 Å². The van der Waals surface area contributed by atoms with Crippen molar-refractivity contribution in [2.75, 3.05) is 17.6 Å². The number of carbonyl (C=O) groups is 4. The zero-order valence-corrected chi connectivity index (χ0v) is 25.2. The SMILES string of the molecule is CC(=O)CN(C(=O)C(N)NC(=O)C(N)CS)[C@@H]1CC=C(Cl)C=C1Nc1ccccc1.CC(Cc1ccccc1)C(=O)O. The van der Waals surface area contributed by atoms with E-state index in [9.17, 15) is 19.2 Å². The molecule has 0 aromatic heterocycles. The molecule has 12 heteroatoms. The Morgan fingerprint density at radius 1 is 1.07 bits per heavy atom. The maximum Gasteiger partial charge on any atom is 0.306 e. The third-order valence-electron chi connectivity index (χ3n) is 6.21. The number of rotatable bonds is 12. The number of para-hydroxylation sites is 1. The number of allylic oxidation sites excluding steroid dienone is 2. The summed E-state index contributed by atoms with van der Waals surface area (Å²) in [7, 11) is 0. The second kappa shape index (κ2) is 17.3. The minimum Gasteiger partial charge on any atom is -0.481 e. The molecular formula is C30H38ClN5O5S. The van der Waals surface area contributed by atoms with Crippen LogP contribution in [0.25, 0.3) is 0 Å². The summed E-state index contributed by atoms with van der Waals surface area (Å²) in [6.07, 6.45) is 3.08. The second-order valence-electron chi connectivity index (χ2n) is 9.80. The number of nitrogens with zero attached hydrogens (tertiary/aromatic N) is 1. The maximum atomic E-state index is 13.1. The number of benzene rings is 2. The number of nitrogens with one attached hydrogen (secondary N) is 2. The van der Waals surface area contributed by atoms with Gasteiger partial charge in [0.25, 0.3) is 5.91 Å². The van der Waals surface area contributed by atoms with Crippen LogP contribution in [0, 0.1) is 5.92 Å². The highest BCUT2D eigenvalue weighted by molar-refractivity contribution is 7.80. The van der Waals surface area contributed by atoms with Crippen molar-refractivity contribution in [3.63, 3.8) is 0 Å². The summed E-state index contributed by atoms with van der Waals surface area (Å²) in [5.41, 5.74) is 14.1. The normalized spacial score (nSPS) is 16.3. The largest absolute Gasteiger partial charge is 0.481 e. The summed E-state index contributed by atoms with van der Waals surface area (Å²) >= 11 is 10.2.